The largest absolute Gasteiger partial charge is 0.477 e. The predicted molar refractivity (Wildman–Crippen MR) is 385 cm³/mol. The molecule has 3 aliphatic rings. The van der Waals surface area contributed by atoms with Gasteiger partial charge in [-0.05, 0) is 44.9 Å². The lowest BCUT2D eigenvalue weighted by atomic mass is 9.88. The maximum Gasteiger partial charge on any atom is 0.364 e. The summed E-state index contributed by atoms with van der Waals surface area (Å²) in [6.45, 7) is 2.18. The average molecular weight is 1430 g/mol. The van der Waals surface area contributed by atoms with Crippen molar-refractivity contribution in [1.29, 1.82) is 0 Å². The van der Waals surface area contributed by atoms with Crippen molar-refractivity contribution in [3.63, 3.8) is 0 Å². The highest BCUT2D eigenvalue weighted by atomic mass is 16.8. The Labute approximate surface area is 600 Å². The molecule has 23 nitrogen and oxygen atoms in total. The van der Waals surface area contributed by atoms with E-state index in [9.17, 15) is 75.7 Å². The van der Waals surface area contributed by atoms with Crippen LogP contribution in [0, 0.1) is 0 Å². The van der Waals surface area contributed by atoms with Crippen LogP contribution in [0.2, 0.25) is 0 Å². The molecule has 2 amide bonds. The molecule has 3 fully saturated rings. The van der Waals surface area contributed by atoms with Crippen LogP contribution in [-0.2, 0) is 42.8 Å². The summed E-state index contributed by atoms with van der Waals surface area (Å²) in [5.41, 5.74) is 0. The minimum atomic E-state index is -3.08. The van der Waals surface area contributed by atoms with Gasteiger partial charge in [0.15, 0.2) is 12.6 Å². The minimum absolute atomic E-state index is 0.199. The second kappa shape index (κ2) is 56.5. The van der Waals surface area contributed by atoms with Gasteiger partial charge in [0.05, 0.1) is 50.7 Å². The average Bonchev–Trinajstić information content (AvgIpc) is 0.758. The zero-order chi connectivity index (χ0) is 73.2. The number of allylic oxidation sites excluding steroid dienone is 3. The molecule has 18 unspecified atom stereocenters. The summed E-state index contributed by atoms with van der Waals surface area (Å²) in [6, 6.07) is -2.62. The number of ether oxygens (including phenoxy) is 6. The number of aliphatic carboxylic acids is 1. The highest BCUT2D eigenvalue weighted by molar-refractivity contribution is 5.77. The van der Waals surface area contributed by atoms with E-state index >= 15 is 0 Å². The Hall–Kier alpha value is -2.79. The Morgan fingerprint density at radius 1 is 0.520 bits per heavy atom. The molecule has 14 N–H and O–H groups in total. The van der Waals surface area contributed by atoms with Gasteiger partial charge in [-0.15, -0.1) is 0 Å². The van der Waals surface area contributed by atoms with Gasteiger partial charge in [-0.2, -0.15) is 0 Å². The van der Waals surface area contributed by atoms with Gasteiger partial charge in [-0.1, -0.05) is 269 Å². The molecule has 0 aromatic carbocycles. The number of aliphatic hydroxyl groups excluding tert-OH is 11. The Morgan fingerprint density at radius 3 is 1.36 bits per heavy atom. The number of carbonyl (C=O) groups is 3. The second-order valence-corrected chi connectivity index (χ2v) is 28.9. The number of carboxylic acids is 1. The summed E-state index contributed by atoms with van der Waals surface area (Å²) in [6.07, 6.45) is 32.1. The first-order chi connectivity index (χ1) is 48.4. The van der Waals surface area contributed by atoms with Crippen LogP contribution in [0.25, 0.3) is 0 Å². The lowest BCUT2D eigenvalue weighted by Crippen LogP contribution is -2.70. The van der Waals surface area contributed by atoms with E-state index in [4.69, 9.17) is 28.4 Å². The van der Waals surface area contributed by atoms with Crippen LogP contribution in [0.4, 0.5) is 0 Å². The molecule has 3 saturated heterocycles. The molecule has 0 saturated carbocycles. The lowest BCUT2D eigenvalue weighted by molar-refractivity contribution is -0.386. The van der Waals surface area contributed by atoms with Crippen molar-refractivity contribution in [1.82, 2.24) is 10.6 Å². The summed E-state index contributed by atoms with van der Waals surface area (Å²) in [5.74, 6) is -6.14. The van der Waals surface area contributed by atoms with Gasteiger partial charge in [0, 0.05) is 19.8 Å². The van der Waals surface area contributed by atoms with Crippen LogP contribution < -0.4 is 10.6 Å². The molecule has 586 valence electrons. The number of nitrogens with one attached hydrogen (secondary N) is 2. The minimum Gasteiger partial charge on any atom is -0.477 e. The Morgan fingerprint density at radius 2 is 0.940 bits per heavy atom. The third-order valence-corrected chi connectivity index (χ3v) is 20.1. The topological polar surface area (TPSA) is 373 Å². The van der Waals surface area contributed by atoms with Crippen LogP contribution in [0.3, 0.4) is 0 Å². The molecule has 18 atom stereocenters. The predicted octanol–water partition coefficient (Wildman–Crippen LogP) is 9.96. The van der Waals surface area contributed by atoms with Crippen LogP contribution in [-0.4, -0.2) is 215 Å². The molecule has 0 spiro atoms. The van der Waals surface area contributed by atoms with Gasteiger partial charge in [-0.25, -0.2) is 4.79 Å². The molecule has 0 aliphatic carbocycles. The number of rotatable bonds is 62. The van der Waals surface area contributed by atoms with Crippen molar-refractivity contribution in [3.05, 3.63) is 24.3 Å². The van der Waals surface area contributed by atoms with E-state index < -0.39 is 155 Å². The van der Waals surface area contributed by atoms with E-state index in [2.05, 4.69) is 36.6 Å². The number of unbranched alkanes of at least 4 members (excludes halogenated alkanes) is 40. The van der Waals surface area contributed by atoms with E-state index in [1.54, 1.807) is 6.08 Å². The Bertz CT molecular complexity index is 2100. The van der Waals surface area contributed by atoms with E-state index in [0.717, 1.165) is 58.3 Å². The zero-order valence-electron chi connectivity index (χ0n) is 61.8. The number of carboxylic acid groups (broad SMARTS) is 1. The fourth-order valence-corrected chi connectivity index (χ4v) is 13.8. The molecule has 0 aromatic heterocycles. The molecule has 3 aliphatic heterocycles. The summed E-state index contributed by atoms with van der Waals surface area (Å²) >= 11 is 0. The molecule has 3 rings (SSSR count). The molecule has 0 aromatic rings. The van der Waals surface area contributed by atoms with Crippen molar-refractivity contribution < 1.29 is 104 Å². The fraction of sp³-hybridized carbons (Fsp3) is 0.909. The van der Waals surface area contributed by atoms with Gasteiger partial charge in [-0.3, -0.25) is 9.59 Å². The van der Waals surface area contributed by atoms with Crippen LogP contribution >= 0.6 is 0 Å². The van der Waals surface area contributed by atoms with Crippen molar-refractivity contribution in [3.8, 4) is 0 Å². The molecule has 23 heteroatoms. The standard InChI is InChI=1S/C77H142N2O21/c1-4-6-8-10-12-14-16-18-20-22-24-26-27-28-29-31-33-35-37-39-41-43-45-47-49-51-64(87)79-58(59(84)50-48-46-44-42-40-38-36-34-32-30-25-23-21-19-17-15-13-11-9-7-5-2)56-95-74-69(91)68(90)71(63(55-82)97-74)98-75-70(92)73(67(89)62(54-81)96-75)100-77(76(93)94)52-60(85)65(78-57(3)83)72(99-77)66(88)61(86)53-80/h28-29,48,50,58-63,65-75,80-82,84-86,88-92H,4-27,30-47,49,51-56H2,1-3H3,(H,78,83)(H,79,87)(H,93,94)/b29-28-,50-48+. The summed E-state index contributed by atoms with van der Waals surface area (Å²) in [4.78, 5) is 38.7. The molecule has 3 heterocycles. The van der Waals surface area contributed by atoms with Crippen molar-refractivity contribution in [2.75, 3.05) is 26.4 Å². The fourth-order valence-electron chi connectivity index (χ4n) is 13.8. The maximum atomic E-state index is 13.5. The zero-order valence-corrected chi connectivity index (χ0v) is 61.8. The molecule has 0 radical (unpaired) electrons. The van der Waals surface area contributed by atoms with Crippen molar-refractivity contribution >= 4 is 17.8 Å². The molecule has 0 bridgehead atoms. The maximum absolute atomic E-state index is 13.5. The van der Waals surface area contributed by atoms with E-state index in [1.165, 1.54) is 212 Å². The van der Waals surface area contributed by atoms with Crippen molar-refractivity contribution in [2.45, 2.75) is 420 Å². The SMILES string of the molecule is CCCCCCCCCCCCCC/C=C\CCCCCCCCCCCC(=O)NC(COC1OC(CO)C(OC2OC(CO)C(O)C(OC3(C(=O)O)CC(O)C(NC(C)=O)C(C(O)C(O)CO)O3)C2O)C(O)C1O)C(O)/C=C/CCCCCCCCCCCCCCCCCCCCC. The molecular weight excluding hydrogens is 1290 g/mol. The molecular formula is C77H142N2O21. The number of carbonyl (C=O) groups excluding carboxylic acids is 2. The smallest absolute Gasteiger partial charge is 0.364 e. The first-order valence-electron chi connectivity index (χ1n) is 39.7. The third kappa shape index (κ3) is 37.0. The van der Waals surface area contributed by atoms with Crippen molar-refractivity contribution in [2.24, 2.45) is 0 Å². The monoisotopic (exact) mass is 1430 g/mol. The Balaban J connectivity index is 1.54. The third-order valence-electron chi connectivity index (χ3n) is 20.1. The highest BCUT2D eigenvalue weighted by Gasteiger charge is 2.60. The van der Waals surface area contributed by atoms with Crippen LogP contribution in [0.15, 0.2) is 24.3 Å². The second-order valence-electron chi connectivity index (χ2n) is 28.9. The van der Waals surface area contributed by atoms with Crippen LogP contribution in [0.1, 0.15) is 310 Å². The van der Waals surface area contributed by atoms with E-state index in [1.807, 2.05) is 6.08 Å². The lowest BCUT2D eigenvalue weighted by Gasteiger charge is -2.50. The summed E-state index contributed by atoms with van der Waals surface area (Å²) < 4.78 is 34.9. The summed E-state index contributed by atoms with van der Waals surface area (Å²) in [5, 5.41) is 136. The molecule has 100 heavy (non-hydrogen) atoms. The quantitative estimate of drug-likeness (QED) is 0.0199. The highest BCUT2D eigenvalue weighted by Crippen LogP contribution is 2.39. The Kier molecular flexibility index (Phi) is 51.7. The van der Waals surface area contributed by atoms with E-state index in [-0.39, 0.29) is 12.3 Å². The number of amides is 2. The van der Waals surface area contributed by atoms with E-state index in [0.29, 0.717) is 12.8 Å². The normalized spacial score (nSPS) is 27.0. The summed E-state index contributed by atoms with van der Waals surface area (Å²) in [7, 11) is 0. The van der Waals surface area contributed by atoms with Gasteiger partial charge in [0.25, 0.3) is 5.79 Å². The van der Waals surface area contributed by atoms with Gasteiger partial charge >= 0.3 is 5.97 Å². The van der Waals surface area contributed by atoms with Gasteiger partial charge in [0.2, 0.25) is 11.8 Å². The number of aliphatic hydroxyl groups is 11. The number of hydrogen-bond donors (Lipinski definition) is 14. The number of hydrogen-bond acceptors (Lipinski definition) is 20. The van der Waals surface area contributed by atoms with Gasteiger partial charge in [0.1, 0.15) is 67.1 Å². The first-order valence-corrected chi connectivity index (χ1v) is 39.7. The van der Waals surface area contributed by atoms with Crippen LogP contribution in [0.5, 0.6) is 0 Å². The first kappa shape index (κ1) is 91.4. The van der Waals surface area contributed by atoms with Gasteiger partial charge < -0.3 is 100 Å².